The van der Waals surface area contributed by atoms with Crippen LogP contribution in [0.25, 0.3) is 0 Å². The van der Waals surface area contributed by atoms with Crippen LogP contribution < -0.4 is 5.32 Å². The van der Waals surface area contributed by atoms with Gasteiger partial charge in [0, 0.05) is 21.6 Å². The number of thiazole rings is 1. The highest BCUT2D eigenvalue weighted by atomic mass is 79.9. The molecule has 0 spiro atoms. The summed E-state index contributed by atoms with van der Waals surface area (Å²) in [5, 5.41) is 2.97. The maximum atomic E-state index is 12.2. The van der Waals surface area contributed by atoms with Gasteiger partial charge in [-0.3, -0.25) is 4.79 Å². The number of aryl methyl sites for hydroxylation is 1. The Bertz CT molecular complexity index is 615. The normalized spacial score (nSPS) is 14.6. The van der Waals surface area contributed by atoms with E-state index in [1.807, 2.05) is 19.2 Å². The van der Waals surface area contributed by atoms with Crippen LogP contribution >= 0.6 is 27.3 Å². The van der Waals surface area contributed by atoms with E-state index in [9.17, 15) is 4.79 Å². The van der Waals surface area contributed by atoms with Gasteiger partial charge in [-0.15, -0.1) is 11.3 Å². The van der Waals surface area contributed by atoms with Crippen LogP contribution in [0.3, 0.4) is 0 Å². The Balaban J connectivity index is 1.72. The fourth-order valence-corrected chi connectivity index (χ4v) is 3.18. The molecule has 3 rings (SSSR count). The second kappa shape index (κ2) is 5.09. The van der Waals surface area contributed by atoms with E-state index in [1.54, 1.807) is 16.8 Å². The lowest BCUT2D eigenvalue weighted by molar-refractivity contribution is 0.0942. The topological polar surface area (TPSA) is 46.9 Å². The average molecular weight is 340 g/mol. The molecule has 0 aliphatic heterocycles. The highest BCUT2D eigenvalue weighted by molar-refractivity contribution is 9.10. The first kappa shape index (κ1) is 12.9. The summed E-state index contributed by atoms with van der Waals surface area (Å²) in [4.78, 5) is 17.5. The molecular formula is C13H14BrN3OS. The molecule has 2 aromatic heterocycles. The molecule has 1 saturated carbocycles. The van der Waals surface area contributed by atoms with Crippen molar-refractivity contribution in [3.05, 3.63) is 38.5 Å². The molecule has 2 heterocycles. The molecule has 2 aromatic rings. The maximum absolute atomic E-state index is 12.2. The first-order valence-electron chi connectivity index (χ1n) is 6.19. The van der Waals surface area contributed by atoms with E-state index < -0.39 is 0 Å². The van der Waals surface area contributed by atoms with Gasteiger partial charge in [-0.25, -0.2) is 4.98 Å². The lowest BCUT2D eigenvalue weighted by Gasteiger charge is -2.08. The summed E-state index contributed by atoms with van der Waals surface area (Å²) in [7, 11) is 0. The maximum Gasteiger partial charge on any atom is 0.268 e. The molecule has 0 atom stereocenters. The molecule has 1 aliphatic rings. The lowest BCUT2D eigenvalue weighted by Crippen LogP contribution is -2.25. The van der Waals surface area contributed by atoms with Crippen LogP contribution in [0.4, 0.5) is 0 Å². The zero-order valence-electron chi connectivity index (χ0n) is 10.5. The third-order valence-corrected chi connectivity index (χ3v) is 4.61. The molecule has 0 bridgehead atoms. The van der Waals surface area contributed by atoms with Crippen molar-refractivity contribution < 1.29 is 4.79 Å². The van der Waals surface area contributed by atoms with Crippen molar-refractivity contribution in [2.45, 2.75) is 32.4 Å². The van der Waals surface area contributed by atoms with Gasteiger partial charge < -0.3 is 9.88 Å². The Labute approximate surface area is 124 Å². The number of carbonyl (C=O) groups is 1. The van der Waals surface area contributed by atoms with Crippen LogP contribution in [-0.4, -0.2) is 15.5 Å². The largest absolute Gasteiger partial charge is 0.346 e. The number of hydrogen-bond acceptors (Lipinski definition) is 3. The third kappa shape index (κ3) is 2.74. The number of rotatable bonds is 4. The van der Waals surface area contributed by atoms with Crippen LogP contribution in [-0.2, 0) is 6.54 Å². The fourth-order valence-electron chi connectivity index (χ4n) is 2.03. The minimum absolute atomic E-state index is 0.0228. The smallest absolute Gasteiger partial charge is 0.268 e. The van der Waals surface area contributed by atoms with Crippen LogP contribution in [0.15, 0.2) is 22.2 Å². The van der Waals surface area contributed by atoms with Crippen molar-refractivity contribution in [2.24, 2.45) is 0 Å². The van der Waals surface area contributed by atoms with E-state index in [1.165, 1.54) is 0 Å². The van der Waals surface area contributed by atoms with Crippen molar-refractivity contribution in [2.75, 3.05) is 0 Å². The summed E-state index contributed by atoms with van der Waals surface area (Å²) in [6.07, 6.45) is 4.31. The van der Waals surface area contributed by atoms with Gasteiger partial charge in [0.25, 0.3) is 5.91 Å². The Morgan fingerprint density at radius 2 is 2.42 bits per heavy atom. The Kier molecular flexibility index (Phi) is 3.45. The van der Waals surface area contributed by atoms with Crippen molar-refractivity contribution >= 4 is 33.2 Å². The molecule has 100 valence electrons. The second-order valence-corrected chi connectivity index (χ2v) is 6.58. The van der Waals surface area contributed by atoms with E-state index in [0.29, 0.717) is 12.6 Å². The first-order valence-corrected chi connectivity index (χ1v) is 7.87. The standard InChI is InChI=1S/C13H14BrN3OS/c1-8-12(19-7-16-8)5-15-13(18)11-4-9(14)6-17(11)10-2-3-10/h4,6-7,10H,2-3,5H2,1H3,(H,15,18). The zero-order valence-corrected chi connectivity index (χ0v) is 12.9. The predicted molar refractivity (Wildman–Crippen MR) is 78.4 cm³/mol. The Morgan fingerprint density at radius 3 is 3.05 bits per heavy atom. The summed E-state index contributed by atoms with van der Waals surface area (Å²) in [6.45, 7) is 2.50. The van der Waals surface area contributed by atoms with Crippen LogP contribution in [0.2, 0.25) is 0 Å². The van der Waals surface area contributed by atoms with Crippen molar-refractivity contribution in [3.8, 4) is 0 Å². The minimum Gasteiger partial charge on any atom is -0.346 e. The van der Waals surface area contributed by atoms with Gasteiger partial charge in [-0.1, -0.05) is 0 Å². The molecule has 0 unspecified atom stereocenters. The van der Waals surface area contributed by atoms with Crippen molar-refractivity contribution in [1.29, 1.82) is 0 Å². The van der Waals surface area contributed by atoms with Gasteiger partial charge in [0.05, 0.1) is 17.7 Å². The van der Waals surface area contributed by atoms with E-state index in [0.717, 1.165) is 33.6 Å². The summed E-state index contributed by atoms with van der Waals surface area (Å²) in [6, 6.07) is 2.38. The zero-order chi connectivity index (χ0) is 13.4. The number of nitrogens with one attached hydrogen (secondary N) is 1. The Morgan fingerprint density at radius 1 is 1.63 bits per heavy atom. The highest BCUT2D eigenvalue weighted by Crippen LogP contribution is 2.37. The number of amides is 1. The van der Waals surface area contributed by atoms with Crippen LogP contribution in [0.1, 0.15) is 39.9 Å². The van der Waals surface area contributed by atoms with Crippen LogP contribution in [0.5, 0.6) is 0 Å². The fraction of sp³-hybridized carbons (Fsp3) is 0.385. The number of hydrogen-bond donors (Lipinski definition) is 1. The lowest BCUT2D eigenvalue weighted by atomic mass is 10.3. The van der Waals surface area contributed by atoms with Crippen LogP contribution in [0, 0.1) is 6.92 Å². The summed E-state index contributed by atoms with van der Waals surface area (Å²) in [5.74, 6) is -0.0228. The summed E-state index contributed by atoms with van der Waals surface area (Å²) >= 11 is 5.01. The summed E-state index contributed by atoms with van der Waals surface area (Å²) < 4.78 is 3.03. The number of aromatic nitrogens is 2. The van der Waals surface area contributed by atoms with Gasteiger partial charge in [-0.05, 0) is 41.8 Å². The van der Waals surface area contributed by atoms with E-state index in [4.69, 9.17) is 0 Å². The number of halogens is 1. The molecular weight excluding hydrogens is 326 g/mol. The monoisotopic (exact) mass is 339 g/mol. The molecule has 0 aromatic carbocycles. The van der Waals surface area contributed by atoms with Gasteiger partial charge in [-0.2, -0.15) is 0 Å². The number of carbonyl (C=O) groups excluding carboxylic acids is 1. The van der Waals surface area contributed by atoms with E-state index in [-0.39, 0.29) is 5.91 Å². The van der Waals surface area contributed by atoms with Gasteiger partial charge in [0.15, 0.2) is 0 Å². The summed E-state index contributed by atoms with van der Waals surface area (Å²) in [5.41, 5.74) is 3.53. The molecule has 1 fully saturated rings. The second-order valence-electron chi connectivity index (χ2n) is 4.73. The first-order chi connectivity index (χ1) is 9.15. The molecule has 19 heavy (non-hydrogen) atoms. The molecule has 0 saturated heterocycles. The molecule has 0 radical (unpaired) electrons. The van der Waals surface area contributed by atoms with E-state index in [2.05, 4.69) is 30.8 Å². The minimum atomic E-state index is -0.0228. The molecule has 4 nitrogen and oxygen atoms in total. The van der Waals surface area contributed by atoms with E-state index >= 15 is 0 Å². The van der Waals surface area contributed by atoms with Gasteiger partial charge >= 0.3 is 0 Å². The highest BCUT2D eigenvalue weighted by Gasteiger charge is 2.27. The third-order valence-electron chi connectivity index (χ3n) is 3.24. The predicted octanol–water partition coefficient (Wildman–Crippen LogP) is 3.28. The molecule has 1 aliphatic carbocycles. The Hall–Kier alpha value is -1.14. The molecule has 6 heteroatoms. The number of nitrogens with zero attached hydrogens (tertiary/aromatic N) is 2. The van der Waals surface area contributed by atoms with Gasteiger partial charge in [0.1, 0.15) is 5.69 Å². The van der Waals surface area contributed by atoms with Gasteiger partial charge in [0.2, 0.25) is 0 Å². The molecule has 1 N–H and O–H groups in total. The van der Waals surface area contributed by atoms with Crippen molar-refractivity contribution in [1.82, 2.24) is 14.9 Å². The SMILES string of the molecule is Cc1ncsc1CNC(=O)c1cc(Br)cn1C1CC1. The quantitative estimate of drug-likeness (QED) is 0.929. The van der Waals surface area contributed by atoms with Crippen molar-refractivity contribution in [3.63, 3.8) is 0 Å². The molecule has 1 amide bonds. The average Bonchev–Trinajstić information content (AvgIpc) is 3.04.